The number of likely N-dealkylation sites (tertiary alicyclic amines) is 1. The molecule has 0 aromatic carbocycles. The molecule has 1 aliphatic carbocycles. The van der Waals surface area contributed by atoms with Crippen LogP contribution < -0.4 is 0 Å². The number of nitrogens with zero attached hydrogens (tertiary/aromatic N) is 1. The van der Waals surface area contributed by atoms with Crippen molar-refractivity contribution in [2.24, 2.45) is 5.92 Å². The molecule has 1 heteroatoms. The van der Waals surface area contributed by atoms with E-state index in [2.05, 4.69) is 25.8 Å². The average molecular weight is 151 g/mol. The molecule has 2 rings (SSSR count). The van der Waals surface area contributed by atoms with E-state index in [0.717, 1.165) is 12.0 Å². The predicted molar refractivity (Wildman–Crippen MR) is 47.5 cm³/mol. The van der Waals surface area contributed by atoms with Crippen LogP contribution in [-0.4, -0.2) is 24.5 Å². The molecule has 0 aromatic heterocycles. The Balaban J connectivity index is 2.05. The van der Waals surface area contributed by atoms with Gasteiger partial charge in [-0.05, 0) is 33.7 Å². The minimum absolute atomic E-state index is 0.787. The van der Waals surface area contributed by atoms with Crippen molar-refractivity contribution >= 4 is 0 Å². The first-order valence-corrected chi connectivity index (χ1v) is 4.60. The molecule has 0 amide bonds. The second kappa shape index (κ2) is 2.34. The fourth-order valence-electron chi connectivity index (χ4n) is 2.19. The lowest BCUT2D eigenvalue weighted by Gasteiger charge is -2.21. The van der Waals surface area contributed by atoms with Gasteiger partial charge in [-0.25, -0.2) is 0 Å². The first-order chi connectivity index (χ1) is 5.20. The molecule has 2 aliphatic rings. The highest BCUT2D eigenvalue weighted by Crippen LogP contribution is 2.46. The summed E-state index contributed by atoms with van der Waals surface area (Å²) in [7, 11) is 2.24. The monoisotopic (exact) mass is 151 g/mol. The molecule has 0 radical (unpaired) electrons. The van der Waals surface area contributed by atoms with Crippen molar-refractivity contribution in [1.82, 2.24) is 4.90 Å². The Morgan fingerprint density at radius 3 is 2.91 bits per heavy atom. The van der Waals surface area contributed by atoms with Gasteiger partial charge in [0.1, 0.15) is 0 Å². The number of allylic oxidation sites excluding steroid dienone is 1. The maximum Gasteiger partial charge on any atom is 0.00728 e. The van der Waals surface area contributed by atoms with E-state index in [-0.39, 0.29) is 0 Å². The largest absolute Gasteiger partial charge is 0.303 e. The summed E-state index contributed by atoms with van der Waals surface area (Å²) < 4.78 is 0. The van der Waals surface area contributed by atoms with E-state index >= 15 is 0 Å². The van der Waals surface area contributed by atoms with Gasteiger partial charge in [0.05, 0.1) is 0 Å². The van der Waals surface area contributed by atoms with E-state index in [4.69, 9.17) is 0 Å². The van der Waals surface area contributed by atoms with E-state index < -0.39 is 0 Å². The third-order valence-corrected chi connectivity index (χ3v) is 3.43. The molecule has 1 saturated heterocycles. The van der Waals surface area contributed by atoms with Crippen LogP contribution >= 0.6 is 0 Å². The summed E-state index contributed by atoms with van der Waals surface area (Å²) >= 11 is 0. The van der Waals surface area contributed by atoms with Crippen LogP contribution in [-0.2, 0) is 0 Å². The highest BCUT2D eigenvalue weighted by Gasteiger charge is 2.36. The van der Waals surface area contributed by atoms with Gasteiger partial charge in [-0.2, -0.15) is 0 Å². The molecular weight excluding hydrogens is 134 g/mol. The molecule has 11 heavy (non-hydrogen) atoms. The maximum absolute atomic E-state index is 2.48. The molecular formula is C10H17N. The summed E-state index contributed by atoms with van der Waals surface area (Å²) in [5.41, 5.74) is 3.46. The molecule has 1 heterocycles. The first-order valence-electron chi connectivity index (χ1n) is 4.60. The van der Waals surface area contributed by atoms with E-state index in [0.29, 0.717) is 0 Å². The lowest BCUT2D eigenvalue weighted by Crippen LogP contribution is -2.28. The normalized spacial score (nSPS) is 38.5. The number of rotatable bonds is 0. The molecule has 0 aromatic rings. The van der Waals surface area contributed by atoms with E-state index in [1.165, 1.54) is 19.4 Å². The van der Waals surface area contributed by atoms with Gasteiger partial charge in [0.25, 0.3) is 0 Å². The van der Waals surface area contributed by atoms with Crippen molar-refractivity contribution in [3.05, 3.63) is 11.1 Å². The molecule has 0 bridgehead atoms. The van der Waals surface area contributed by atoms with Crippen molar-refractivity contribution in [1.29, 1.82) is 0 Å². The van der Waals surface area contributed by atoms with Crippen molar-refractivity contribution in [2.75, 3.05) is 13.6 Å². The second-order valence-electron chi connectivity index (χ2n) is 4.08. The van der Waals surface area contributed by atoms with Crippen LogP contribution in [0.15, 0.2) is 11.1 Å². The zero-order valence-corrected chi connectivity index (χ0v) is 7.72. The summed E-state index contributed by atoms with van der Waals surface area (Å²) in [5, 5.41) is 0. The van der Waals surface area contributed by atoms with Crippen molar-refractivity contribution in [2.45, 2.75) is 32.7 Å². The van der Waals surface area contributed by atoms with Gasteiger partial charge in [0.2, 0.25) is 0 Å². The van der Waals surface area contributed by atoms with Gasteiger partial charge in [0.15, 0.2) is 0 Å². The minimum atomic E-state index is 0.787. The summed E-state index contributed by atoms with van der Waals surface area (Å²) in [6.07, 6.45) is 2.70. The molecule has 1 nitrogen and oxygen atoms in total. The Morgan fingerprint density at radius 2 is 2.18 bits per heavy atom. The van der Waals surface area contributed by atoms with Crippen molar-refractivity contribution < 1.29 is 0 Å². The lowest BCUT2D eigenvalue weighted by atomic mass is 10.1. The van der Waals surface area contributed by atoms with Gasteiger partial charge >= 0.3 is 0 Å². The zero-order chi connectivity index (χ0) is 8.01. The number of hydrogen-bond acceptors (Lipinski definition) is 1. The van der Waals surface area contributed by atoms with Crippen LogP contribution in [0.5, 0.6) is 0 Å². The van der Waals surface area contributed by atoms with E-state index in [1.807, 2.05) is 0 Å². The van der Waals surface area contributed by atoms with Crippen LogP contribution in [0.3, 0.4) is 0 Å². The van der Waals surface area contributed by atoms with Gasteiger partial charge in [-0.3, -0.25) is 0 Å². The average Bonchev–Trinajstić information content (AvgIpc) is 2.59. The molecule has 1 aliphatic heterocycles. The summed E-state index contributed by atoms with van der Waals surface area (Å²) in [5.74, 6) is 0.912. The van der Waals surface area contributed by atoms with Crippen molar-refractivity contribution in [3.63, 3.8) is 0 Å². The number of hydrogen-bond donors (Lipinski definition) is 0. The van der Waals surface area contributed by atoms with Gasteiger partial charge in [0, 0.05) is 18.5 Å². The van der Waals surface area contributed by atoms with Crippen LogP contribution in [0, 0.1) is 5.92 Å². The molecule has 0 spiro atoms. The minimum Gasteiger partial charge on any atom is -0.303 e. The molecule has 2 atom stereocenters. The fraction of sp³-hybridized carbons (Fsp3) is 0.800. The molecule has 1 unspecified atom stereocenters. The maximum atomic E-state index is 2.48. The van der Waals surface area contributed by atoms with Gasteiger partial charge in [-0.15, -0.1) is 0 Å². The standard InChI is InChI=1S/C10H17N/c1-7-6-10-8(2)9(10)4-5-11(7)3/h7,10H,4-6H2,1-3H3/t7-,10?/m0/s1. The van der Waals surface area contributed by atoms with E-state index in [1.54, 1.807) is 11.1 Å². The topological polar surface area (TPSA) is 3.24 Å². The highest BCUT2D eigenvalue weighted by atomic mass is 15.1. The van der Waals surface area contributed by atoms with Crippen LogP contribution in [0.4, 0.5) is 0 Å². The Kier molecular flexibility index (Phi) is 1.57. The van der Waals surface area contributed by atoms with Crippen LogP contribution in [0.25, 0.3) is 0 Å². The molecule has 0 saturated carbocycles. The van der Waals surface area contributed by atoms with Gasteiger partial charge in [-0.1, -0.05) is 11.1 Å². The summed E-state index contributed by atoms with van der Waals surface area (Å²) in [6, 6.07) is 0.787. The Labute approximate surface area is 69.1 Å². The fourth-order valence-corrected chi connectivity index (χ4v) is 2.19. The quantitative estimate of drug-likeness (QED) is 0.479. The smallest absolute Gasteiger partial charge is 0.00728 e. The predicted octanol–water partition coefficient (Wildman–Crippen LogP) is 2.05. The third kappa shape index (κ3) is 1.12. The Hall–Kier alpha value is -0.300. The molecule has 1 fully saturated rings. The summed E-state index contributed by atoms with van der Waals surface area (Å²) in [4.78, 5) is 2.48. The number of fused-ring (bicyclic) bond motifs is 1. The first kappa shape index (κ1) is 7.35. The third-order valence-electron chi connectivity index (χ3n) is 3.43. The zero-order valence-electron chi connectivity index (χ0n) is 7.72. The van der Waals surface area contributed by atoms with Crippen molar-refractivity contribution in [3.8, 4) is 0 Å². The SMILES string of the molecule is CC1=C2CCN(C)[C@@H](C)CC12. The van der Waals surface area contributed by atoms with Crippen LogP contribution in [0.1, 0.15) is 26.7 Å². The summed E-state index contributed by atoms with van der Waals surface area (Å²) in [6.45, 7) is 5.91. The van der Waals surface area contributed by atoms with Gasteiger partial charge < -0.3 is 4.90 Å². The Morgan fingerprint density at radius 1 is 1.45 bits per heavy atom. The van der Waals surface area contributed by atoms with E-state index in [9.17, 15) is 0 Å². The second-order valence-corrected chi connectivity index (χ2v) is 4.08. The molecule has 62 valence electrons. The molecule has 0 N–H and O–H groups in total. The lowest BCUT2D eigenvalue weighted by molar-refractivity contribution is 0.257. The highest BCUT2D eigenvalue weighted by molar-refractivity contribution is 5.40. The van der Waals surface area contributed by atoms with Crippen LogP contribution in [0.2, 0.25) is 0 Å². The Bertz CT molecular complexity index is 205.